The van der Waals surface area contributed by atoms with Gasteiger partial charge in [0.05, 0.1) is 6.61 Å². The summed E-state index contributed by atoms with van der Waals surface area (Å²) in [6.07, 6.45) is 3.41. The van der Waals surface area contributed by atoms with Gasteiger partial charge in [-0.25, -0.2) is 13.4 Å². The molecule has 0 amide bonds. The van der Waals surface area contributed by atoms with Crippen molar-refractivity contribution in [1.82, 2.24) is 4.98 Å². The van der Waals surface area contributed by atoms with Gasteiger partial charge in [-0.2, -0.15) is 0 Å². The van der Waals surface area contributed by atoms with E-state index in [-0.39, 0.29) is 10.3 Å². The molecule has 0 unspecified atom stereocenters. The summed E-state index contributed by atoms with van der Waals surface area (Å²) in [4.78, 5) is 4.28. The number of benzene rings is 1. The Bertz CT molecular complexity index is 856. The minimum Gasteiger partial charge on any atom is -0.492 e. The SMILES string of the molecule is CCCCOc1ccc(C(C)(C)C)cc1S(=O)(=O)Nc1ncccc1C. The van der Waals surface area contributed by atoms with E-state index in [2.05, 4.69) is 16.6 Å². The van der Waals surface area contributed by atoms with Gasteiger partial charge >= 0.3 is 0 Å². The molecule has 0 aliphatic carbocycles. The summed E-state index contributed by atoms with van der Waals surface area (Å²) in [5.41, 5.74) is 1.52. The van der Waals surface area contributed by atoms with Crippen LogP contribution in [0.15, 0.2) is 41.4 Å². The molecule has 1 aromatic heterocycles. The Morgan fingerprint density at radius 2 is 1.92 bits per heavy atom. The van der Waals surface area contributed by atoms with E-state index in [1.54, 1.807) is 24.4 Å². The zero-order chi connectivity index (χ0) is 19.4. The maximum atomic E-state index is 13.1. The van der Waals surface area contributed by atoms with Crippen molar-refractivity contribution in [2.45, 2.75) is 57.8 Å². The molecule has 1 aromatic carbocycles. The molecule has 0 atom stereocenters. The molecule has 1 N–H and O–H groups in total. The van der Waals surface area contributed by atoms with Gasteiger partial charge < -0.3 is 4.74 Å². The number of pyridine rings is 1. The molecule has 0 saturated carbocycles. The summed E-state index contributed by atoms with van der Waals surface area (Å²) in [6, 6.07) is 8.95. The van der Waals surface area contributed by atoms with Crippen LogP contribution in [0.4, 0.5) is 5.82 Å². The molecule has 0 aliphatic rings. The third-order valence-corrected chi connectivity index (χ3v) is 5.46. The maximum Gasteiger partial charge on any atom is 0.266 e. The second-order valence-electron chi connectivity index (χ2n) is 7.39. The first-order valence-corrected chi connectivity index (χ1v) is 10.3. The lowest BCUT2D eigenvalue weighted by Gasteiger charge is -2.21. The first kappa shape index (κ1) is 20.2. The average Bonchev–Trinajstić information content (AvgIpc) is 2.56. The van der Waals surface area contributed by atoms with E-state index in [4.69, 9.17) is 4.74 Å². The number of nitrogens with zero attached hydrogens (tertiary/aromatic N) is 1. The number of sulfonamides is 1. The summed E-state index contributed by atoms with van der Waals surface area (Å²) in [6.45, 7) is 10.5. The van der Waals surface area contributed by atoms with Crippen molar-refractivity contribution in [3.63, 3.8) is 0 Å². The fourth-order valence-corrected chi connectivity index (χ4v) is 3.66. The van der Waals surface area contributed by atoms with Crippen LogP contribution in [0.3, 0.4) is 0 Å². The average molecular weight is 377 g/mol. The highest BCUT2D eigenvalue weighted by molar-refractivity contribution is 7.92. The Hall–Kier alpha value is -2.08. The molecule has 0 fully saturated rings. The molecular formula is C20H28N2O3S. The highest BCUT2D eigenvalue weighted by Crippen LogP contribution is 2.32. The van der Waals surface area contributed by atoms with Crippen LogP contribution >= 0.6 is 0 Å². The molecule has 0 aliphatic heterocycles. The van der Waals surface area contributed by atoms with Crippen LogP contribution in [0.2, 0.25) is 0 Å². The molecule has 0 bridgehead atoms. The van der Waals surface area contributed by atoms with Gasteiger partial charge in [0.25, 0.3) is 10.0 Å². The van der Waals surface area contributed by atoms with E-state index in [1.165, 1.54) is 0 Å². The van der Waals surface area contributed by atoms with Crippen molar-refractivity contribution >= 4 is 15.8 Å². The van der Waals surface area contributed by atoms with Crippen molar-refractivity contribution in [1.29, 1.82) is 0 Å². The number of aryl methyl sites for hydroxylation is 1. The molecule has 6 heteroatoms. The van der Waals surface area contributed by atoms with E-state index >= 15 is 0 Å². The Labute approximate surface area is 156 Å². The minimum absolute atomic E-state index is 0.145. The Morgan fingerprint density at radius 1 is 1.19 bits per heavy atom. The van der Waals surface area contributed by atoms with Crippen LogP contribution in [0.25, 0.3) is 0 Å². The van der Waals surface area contributed by atoms with Crippen molar-refractivity contribution in [2.24, 2.45) is 0 Å². The lowest BCUT2D eigenvalue weighted by Crippen LogP contribution is -2.18. The standard InChI is InChI=1S/C20H28N2O3S/c1-6-7-13-25-17-11-10-16(20(3,4)5)14-18(17)26(23,24)22-19-15(2)9-8-12-21-19/h8-12,14H,6-7,13H2,1-5H3,(H,21,22). The molecular weight excluding hydrogens is 348 g/mol. The lowest BCUT2D eigenvalue weighted by atomic mass is 9.87. The molecule has 1 heterocycles. The van der Waals surface area contributed by atoms with Gasteiger partial charge in [-0.1, -0.05) is 46.2 Å². The molecule has 5 nitrogen and oxygen atoms in total. The number of aromatic nitrogens is 1. The number of unbranched alkanes of at least 4 members (excludes halogenated alkanes) is 1. The highest BCUT2D eigenvalue weighted by Gasteiger charge is 2.24. The van der Waals surface area contributed by atoms with E-state index in [1.807, 2.05) is 39.8 Å². The van der Waals surface area contributed by atoms with Gasteiger partial charge in [-0.05, 0) is 48.1 Å². The van der Waals surface area contributed by atoms with Gasteiger partial charge in [0.15, 0.2) is 0 Å². The Morgan fingerprint density at radius 3 is 2.54 bits per heavy atom. The molecule has 0 spiro atoms. The number of hydrogen-bond donors (Lipinski definition) is 1. The first-order chi connectivity index (χ1) is 12.1. The summed E-state index contributed by atoms with van der Waals surface area (Å²) in [5.74, 6) is 0.695. The zero-order valence-corrected chi connectivity index (χ0v) is 17.0. The van der Waals surface area contributed by atoms with Crippen molar-refractivity contribution in [2.75, 3.05) is 11.3 Å². The Balaban J connectivity index is 2.46. The van der Waals surface area contributed by atoms with Gasteiger partial charge in [0, 0.05) is 6.20 Å². The summed E-state index contributed by atoms with van der Waals surface area (Å²) < 4.78 is 34.5. The zero-order valence-electron chi connectivity index (χ0n) is 16.2. The topological polar surface area (TPSA) is 68.3 Å². The van der Waals surface area contributed by atoms with Gasteiger partial charge in [0.2, 0.25) is 0 Å². The second kappa shape index (κ2) is 8.08. The van der Waals surface area contributed by atoms with Crippen LogP contribution in [0, 0.1) is 6.92 Å². The minimum atomic E-state index is -3.82. The molecule has 2 aromatic rings. The first-order valence-electron chi connectivity index (χ1n) is 8.87. The summed E-state index contributed by atoms with van der Waals surface area (Å²) in [7, 11) is -3.82. The van der Waals surface area contributed by atoms with Gasteiger partial charge in [-0.15, -0.1) is 0 Å². The molecule has 0 radical (unpaired) electrons. The van der Waals surface area contributed by atoms with Crippen molar-refractivity contribution < 1.29 is 13.2 Å². The maximum absolute atomic E-state index is 13.1. The normalized spacial score (nSPS) is 12.0. The molecule has 0 saturated heterocycles. The fourth-order valence-electron chi connectivity index (χ4n) is 2.41. The van der Waals surface area contributed by atoms with Crippen molar-refractivity contribution in [3.05, 3.63) is 47.7 Å². The second-order valence-corrected chi connectivity index (χ2v) is 9.04. The van der Waals surface area contributed by atoms with Crippen LogP contribution in [-0.4, -0.2) is 20.0 Å². The monoisotopic (exact) mass is 376 g/mol. The van der Waals surface area contributed by atoms with E-state index < -0.39 is 10.0 Å². The molecule has 26 heavy (non-hydrogen) atoms. The van der Waals surface area contributed by atoms with Gasteiger partial charge in [0.1, 0.15) is 16.5 Å². The van der Waals surface area contributed by atoms with Crippen molar-refractivity contribution in [3.8, 4) is 5.75 Å². The summed E-state index contributed by atoms with van der Waals surface area (Å²) >= 11 is 0. The number of ether oxygens (including phenoxy) is 1. The summed E-state index contributed by atoms with van der Waals surface area (Å²) in [5, 5.41) is 0. The quantitative estimate of drug-likeness (QED) is 0.713. The molecule has 142 valence electrons. The molecule has 2 rings (SSSR count). The number of rotatable bonds is 7. The third kappa shape index (κ3) is 4.97. The van der Waals surface area contributed by atoms with Crippen LogP contribution in [0.5, 0.6) is 5.75 Å². The third-order valence-electron chi connectivity index (χ3n) is 4.10. The van der Waals surface area contributed by atoms with E-state index in [0.29, 0.717) is 18.2 Å². The number of hydrogen-bond acceptors (Lipinski definition) is 4. The predicted octanol–water partition coefficient (Wildman–Crippen LogP) is 4.67. The van der Waals surface area contributed by atoms with E-state index in [9.17, 15) is 8.42 Å². The van der Waals surface area contributed by atoms with Crippen LogP contribution < -0.4 is 9.46 Å². The van der Waals surface area contributed by atoms with E-state index in [0.717, 1.165) is 24.0 Å². The Kier molecular flexibility index (Phi) is 6.29. The van der Waals surface area contributed by atoms with Gasteiger partial charge in [-0.3, -0.25) is 4.72 Å². The van der Waals surface area contributed by atoms with Crippen LogP contribution in [-0.2, 0) is 15.4 Å². The lowest BCUT2D eigenvalue weighted by molar-refractivity contribution is 0.301. The highest BCUT2D eigenvalue weighted by atomic mass is 32.2. The number of nitrogens with one attached hydrogen (secondary N) is 1. The largest absolute Gasteiger partial charge is 0.492 e. The van der Waals surface area contributed by atoms with Crippen LogP contribution in [0.1, 0.15) is 51.7 Å². The number of anilines is 1. The smallest absolute Gasteiger partial charge is 0.266 e. The predicted molar refractivity (Wildman–Crippen MR) is 105 cm³/mol. The fraction of sp³-hybridized carbons (Fsp3) is 0.450.